The Bertz CT molecular complexity index is 743. The zero-order valence-corrected chi connectivity index (χ0v) is 16.3. The Morgan fingerprint density at radius 2 is 2.00 bits per heavy atom. The second kappa shape index (κ2) is 7.73. The van der Waals surface area contributed by atoms with E-state index in [0.717, 1.165) is 16.9 Å². The number of hydrogen-bond donors (Lipinski definition) is 1. The molecule has 5 heteroatoms. The summed E-state index contributed by atoms with van der Waals surface area (Å²) in [7, 11) is 0. The first-order valence-electron chi connectivity index (χ1n) is 8.30. The first-order valence-corrected chi connectivity index (χ1v) is 10.7. The molecule has 131 valence electrons. The van der Waals surface area contributed by atoms with Crippen molar-refractivity contribution in [2.45, 2.75) is 36.2 Å². The molecular formula is C20H22AsO4. The Hall–Kier alpha value is -1.61. The summed E-state index contributed by atoms with van der Waals surface area (Å²) in [6.45, 7) is 4.27. The Balaban J connectivity index is 1.66. The van der Waals surface area contributed by atoms with E-state index in [4.69, 9.17) is 9.47 Å². The first-order chi connectivity index (χ1) is 12.0. The maximum atomic E-state index is 12.6. The van der Waals surface area contributed by atoms with Gasteiger partial charge in [0.15, 0.2) is 0 Å². The molecule has 1 atom stereocenters. The van der Waals surface area contributed by atoms with Crippen LogP contribution in [0.25, 0.3) is 0 Å². The molecule has 1 aliphatic rings. The predicted octanol–water partition coefficient (Wildman–Crippen LogP) is 3.37. The molecule has 1 heterocycles. The normalized spacial score (nSPS) is 17.1. The van der Waals surface area contributed by atoms with Gasteiger partial charge in [-0.15, -0.1) is 0 Å². The molecule has 0 spiro atoms. The van der Waals surface area contributed by atoms with Gasteiger partial charge in [0, 0.05) is 0 Å². The van der Waals surface area contributed by atoms with Gasteiger partial charge in [-0.05, 0) is 0 Å². The first kappa shape index (κ1) is 18.2. The Morgan fingerprint density at radius 1 is 1.24 bits per heavy atom. The quantitative estimate of drug-likeness (QED) is 0.596. The van der Waals surface area contributed by atoms with Crippen LogP contribution in [0.1, 0.15) is 40.0 Å². The van der Waals surface area contributed by atoms with Crippen LogP contribution in [0.15, 0.2) is 48.5 Å². The minimum absolute atomic E-state index is 0.0755. The van der Waals surface area contributed by atoms with Crippen molar-refractivity contribution in [2.24, 2.45) is 0 Å². The average molecular weight is 401 g/mol. The molecule has 0 bridgehead atoms. The minimum atomic E-state index is -0.632. The number of rotatable bonds is 6. The van der Waals surface area contributed by atoms with Crippen LogP contribution in [-0.2, 0) is 11.3 Å². The number of Topliss-reactive ketones (excluding diaryl/α,β-unsaturated/α-hetero) is 1. The van der Waals surface area contributed by atoms with Crippen molar-refractivity contribution in [1.82, 2.24) is 0 Å². The standard InChI is InChI=1S/C20H22AsO4/c1-20(2)24-13-16-10-15(8-9-19(16)25-20)18(23)11-21-17(12-22)14-6-4-3-5-7-14/h3-10,17,22H,11-13H2,1-2H3/t17-/m1/s1. The molecule has 0 amide bonds. The fourth-order valence-corrected chi connectivity index (χ4v) is 4.98. The number of ketones is 1. The van der Waals surface area contributed by atoms with E-state index in [1.54, 1.807) is 0 Å². The van der Waals surface area contributed by atoms with Crippen LogP contribution in [0.5, 0.6) is 5.75 Å². The van der Waals surface area contributed by atoms with Crippen LogP contribution in [0.2, 0.25) is 5.21 Å². The van der Waals surface area contributed by atoms with Gasteiger partial charge >= 0.3 is 155 Å². The maximum absolute atomic E-state index is 12.6. The van der Waals surface area contributed by atoms with Crippen LogP contribution in [0.3, 0.4) is 0 Å². The van der Waals surface area contributed by atoms with Gasteiger partial charge in [-0.2, -0.15) is 0 Å². The molecule has 25 heavy (non-hydrogen) atoms. The third-order valence-electron chi connectivity index (χ3n) is 4.13. The van der Waals surface area contributed by atoms with Crippen LogP contribution >= 0.6 is 0 Å². The number of fused-ring (bicyclic) bond motifs is 1. The van der Waals surface area contributed by atoms with E-state index in [9.17, 15) is 9.90 Å². The molecule has 2 aromatic carbocycles. The molecule has 0 saturated carbocycles. The molecular weight excluding hydrogens is 379 g/mol. The number of ether oxygens (including phenoxy) is 2. The molecule has 1 N–H and O–H groups in total. The van der Waals surface area contributed by atoms with Gasteiger partial charge in [-0.25, -0.2) is 0 Å². The zero-order chi connectivity index (χ0) is 17.9. The van der Waals surface area contributed by atoms with E-state index in [1.165, 1.54) is 0 Å². The SMILES string of the molecule is CC1(C)OCc2cc(C(=O)C[As][C@H](CO)c3ccccc3)ccc2O1. The molecule has 0 unspecified atom stereocenters. The summed E-state index contributed by atoms with van der Waals surface area (Å²) in [5, 5.41) is 10.1. The summed E-state index contributed by atoms with van der Waals surface area (Å²) in [4.78, 5) is 12.6. The Morgan fingerprint density at radius 3 is 2.72 bits per heavy atom. The second-order valence-electron chi connectivity index (χ2n) is 6.49. The Kier molecular flexibility index (Phi) is 5.63. The van der Waals surface area contributed by atoms with E-state index < -0.39 is 5.79 Å². The summed E-state index contributed by atoms with van der Waals surface area (Å²) in [5.41, 5.74) is 2.70. The van der Waals surface area contributed by atoms with E-state index >= 15 is 0 Å². The van der Waals surface area contributed by atoms with Crippen LogP contribution in [-0.4, -0.2) is 39.0 Å². The number of carbonyl (C=O) groups excluding carboxylic acids is 1. The van der Waals surface area contributed by atoms with Crippen molar-refractivity contribution in [3.63, 3.8) is 0 Å². The summed E-state index contributed by atoms with van der Waals surface area (Å²) in [6, 6.07) is 15.4. The molecule has 0 saturated heterocycles. The summed E-state index contributed by atoms with van der Waals surface area (Å²) in [5.74, 6) is 0.258. The van der Waals surface area contributed by atoms with Crippen molar-refractivity contribution in [2.75, 3.05) is 6.61 Å². The molecule has 1 aliphatic heterocycles. The Labute approximate surface area is 154 Å². The second-order valence-corrected chi connectivity index (χ2v) is 9.22. The topological polar surface area (TPSA) is 55.8 Å². The van der Waals surface area contributed by atoms with Gasteiger partial charge in [0.05, 0.1) is 0 Å². The zero-order valence-electron chi connectivity index (χ0n) is 14.4. The van der Waals surface area contributed by atoms with E-state index in [1.807, 2.05) is 62.4 Å². The van der Waals surface area contributed by atoms with E-state index in [2.05, 4.69) is 0 Å². The van der Waals surface area contributed by atoms with Gasteiger partial charge in [-0.3, -0.25) is 0 Å². The molecule has 0 fully saturated rings. The van der Waals surface area contributed by atoms with Crippen LogP contribution in [0.4, 0.5) is 0 Å². The summed E-state index contributed by atoms with van der Waals surface area (Å²) >= 11 is -0.314. The molecule has 2 aromatic rings. The fraction of sp³-hybridized carbons (Fsp3) is 0.350. The van der Waals surface area contributed by atoms with Crippen molar-refractivity contribution < 1.29 is 19.4 Å². The van der Waals surface area contributed by atoms with Gasteiger partial charge in [-0.1, -0.05) is 0 Å². The molecule has 4 nitrogen and oxygen atoms in total. The van der Waals surface area contributed by atoms with Crippen molar-refractivity contribution >= 4 is 21.5 Å². The fourth-order valence-electron chi connectivity index (χ4n) is 2.74. The number of aliphatic hydroxyl groups excluding tert-OH is 1. The van der Waals surface area contributed by atoms with Gasteiger partial charge in [0.1, 0.15) is 0 Å². The van der Waals surface area contributed by atoms with Crippen molar-refractivity contribution in [3.05, 3.63) is 65.2 Å². The molecule has 0 aliphatic carbocycles. The number of benzene rings is 2. The monoisotopic (exact) mass is 401 g/mol. The van der Waals surface area contributed by atoms with Crippen LogP contribution in [0, 0.1) is 0 Å². The summed E-state index contributed by atoms with van der Waals surface area (Å²) in [6.07, 6.45) is 0. The number of hydrogen-bond acceptors (Lipinski definition) is 4. The van der Waals surface area contributed by atoms with Gasteiger partial charge in [0.2, 0.25) is 0 Å². The van der Waals surface area contributed by atoms with Crippen molar-refractivity contribution in [3.8, 4) is 5.75 Å². The number of carbonyl (C=O) groups is 1. The number of aliphatic hydroxyl groups is 1. The molecule has 3 rings (SSSR count). The van der Waals surface area contributed by atoms with Gasteiger partial charge in [0.25, 0.3) is 0 Å². The van der Waals surface area contributed by atoms with Crippen molar-refractivity contribution in [1.29, 1.82) is 0 Å². The third kappa shape index (κ3) is 4.52. The average Bonchev–Trinajstić information content (AvgIpc) is 2.62. The molecule has 0 aromatic heterocycles. The van der Waals surface area contributed by atoms with Crippen LogP contribution < -0.4 is 4.74 Å². The molecule has 1 radical (unpaired) electrons. The van der Waals surface area contributed by atoms with Gasteiger partial charge < -0.3 is 0 Å². The summed E-state index contributed by atoms with van der Waals surface area (Å²) < 4.78 is 11.5. The third-order valence-corrected chi connectivity index (χ3v) is 7.00. The van der Waals surface area contributed by atoms with E-state index in [0.29, 0.717) is 17.4 Å². The van der Waals surface area contributed by atoms with E-state index in [-0.39, 0.29) is 32.8 Å². The predicted molar refractivity (Wildman–Crippen MR) is 97.1 cm³/mol.